The SMILES string of the molecule is CN1CCCC(c2cccc(CCCC(=O)O)c2)C1. The topological polar surface area (TPSA) is 40.5 Å². The van der Waals surface area contributed by atoms with Crippen LogP contribution in [0.15, 0.2) is 24.3 Å². The summed E-state index contributed by atoms with van der Waals surface area (Å²) in [7, 11) is 2.18. The Balaban J connectivity index is 1.96. The molecule has 1 saturated heterocycles. The van der Waals surface area contributed by atoms with Crippen molar-refractivity contribution in [2.75, 3.05) is 20.1 Å². The van der Waals surface area contributed by atoms with E-state index in [1.54, 1.807) is 0 Å². The van der Waals surface area contributed by atoms with Crippen LogP contribution in [0.4, 0.5) is 0 Å². The zero-order valence-electron chi connectivity index (χ0n) is 11.6. The van der Waals surface area contributed by atoms with Crippen molar-refractivity contribution in [2.45, 2.75) is 38.0 Å². The third kappa shape index (κ3) is 4.35. The second-order valence-corrected chi connectivity index (χ2v) is 5.59. The van der Waals surface area contributed by atoms with Crippen LogP contribution in [-0.4, -0.2) is 36.1 Å². The van der Waals surface area contributed by atoms with Crippen molar-refractivity contribution in [1.82, 2.24) is 4.90 Å². The van der Waals surface area contributed by atoms with Crippen molar-refractivity contribution in [1.29, 1.82) is 0 Å². The number of aryl methyl sites for hydroxylation is 1. The highest BCUT2D eigenvalue weighted by Gasteiger charge is 2.18. The number of rotatable bonds is 5. The predicted molar refractivity (Wildman–Crippen MR) is 76.5 cm³/mol. The summed E-state index contributed by atoms with van der Waals surface area (Å²) >= 11 is 0. The number of hydrogen-bond acceptors (Lipinski definition) is 2. The van der Waals surface area contributed by atoms with Crippen molar-refractivity contribution in [3.63, 3.8) is 0 Å². The van der Waals surface area contributed by atoms with E-state index in [0.717, 1.165) is 19.4 Å². The Morgan fingerprint density at radius 2 is 2.32 bits per heavy atom. The van der Waals surface area contributed by atoms with Crippen LogP contribution in [0, 0.1) is 0 Å². The number of benzene rings is 1. The number of likely N-dealkylation sites (tertiary alicyclic amines) is 1. The van der Waals surface area contributed by atoms with Crippen molar-refractivity contribution in [3.8, 4) is 0 Å². The van der Waals surface area contributed by atoms with Gasteiger partial charge in [0.2, 0.25) is 0 Å². The van der Waals surface area contributed by atoms with Crippen molar-refractivity contribution >= 4 is 5.97 Å². The van der Waals surface area contributed by atoms with E-state index in [-0.39, 0.29) is 6.42 Å². The molecule has 1 aliphatic rings. The summed E-state index contributed by atoms with van der Waals surface area (Å²) in [5.74, 6) is -0.0665. The van der Waals surface area contributed by atoms with Crippen molar-refractivity contribution in [3.05, 3.63) is 35.4 Å². The van der Waals surface area contributed by atoms with E-state index < -0.39 is 5.97 Å². The van der Waals surface area contributed by atoms with Crippen LogP contribution in [0.3, 0.4) is 0 Å². The maximum atomic E-state index is 10.5. The molecule has 3 nitrogen and oxygen atoms in total. The summed E-state index contributed by atoms with van der Waals surface area (Å²) in [6, 6.07) is 8.70. The van der Waals surface area contributed by atoms with Gasteiger partial charge in [-0.3, -0.25) is 4.79 Å². The highest BCUT2D eigenvalue weighted by Crippen LogP contribution is 2.27. The van der Waals surface area contributed by atoms with Gasteiger partial charge in [0, 0.05) is 13.0 Å². The largest absolute Gasteiger partial charge is 0.481 e. The average Bonchev–Trinajstić information content (AvgIpc) is 2.39. The quantitative estimate of drug-likeness (QED) is 0.886. The molecule has 1 atom stereocenters. The molecule has 0 bridgehead atoms. The molecule has 0 aromatic heterocycles. The molecule has 0 radical (unpaired) electrons. The van der Waals surface area contributed by atoms with E-state index in [1.165, 1.54) is 30.5 Å². The van der Waals surface area contributed by atoms with Gasteiger partial charge in [-0.05, 0) is 56.3 Å². The standard InChI is InChI=1S/C16H23NO2/c1-17-10-4-8-15(12-17)14-7-2-5-13(11-14)6-3-9-16(18)19/h2,5,7,11,15H,3-4,6,8-10,12H2,1H3,(H,18,19). The van der Waals surface area contributed by atoms with E-state index in [4.69, 9.17) is 5.11 Å². The molecular weight excluding hydrogens is 238 g/mol. The summed E-state index contributed by atoms with van der Waals surface area (Å²) in [4.78, 5) is 12.9. The van der Waals surface area contributed by atoms with Crippen LogP contribution in [0.25, 0.3) is 0 Å². The van der Waals surface area contributed by atoms with Crippen LogP contribution in [0.5, 0.6) is 0 Å². The van der Waals surface area contributed by atoms with E-state index in [0.29, 0.717) is 5.92 Å². The summed E-state index contributed by atoms with van der Waals surface area (Å²) in [6.45, 7) is 2.34. The molecule has 19 heavy (non-hydrogen) atoms. The van der Waals surface area contributed by atoms with Crippen LogP contribution >= 0.6 is 0 Å². The number of piperidine rings is 1. The smallest absolute Gasteiger partial charge is 0.303 e. The third-order valence-corrected chi connectivity index (χ3v) is 3.90. The minimum absolute atomic E-state index is 0.260. The lowest BCUT2D eigenvalue weighted by atomic mass is 9.89. The van der Waals surface area contributed by atoms with E-state index >= 15 is 0 Å². The third-order valence-electron chi connectivity index (χ3n) is 3.90. The minimum atomic E-state index is -0.704. The fourth-order valence-corrected chi connectivity index (χ4v) is 2.88. The lowest BCUT2D eigenvalue weighted by molar-refractivity contribution is -0.137. The summed E-state index contributed by atoms with van der Waals surface area (Å²) in [5, 5.41) is 8.67. The molecule has 104 valence electrons. The molecule has 1 aliphatic heterocycles. The van der Waals surface area contributed by atoms with Crippen LogP contribution in [0.1, 0.15) is 42.7 Å². The monoisotopic (exact) mass is 261 g/mol. The molecular formula is C16H23NO2. The number of carbonyl (C=O) groups is 1. The molecule has 1 N–H and O–H groups in total. The highest BCUT2D eigenvalue weighted by molar-refractivity contribution is 5.66. The van der Waals surface area contributed by atoms with Crippen LogP contribution < -0.4 is 0 Å². The molecule has 1 aromatic rings. The number of carboxylic acid groups (broad SMARTS) is 1. The molecule has 1 heterocycles. The first-order valence-corrected chi connectivity index (χ1v) is 7.14. The Morgan fingerprint density at radius 3 is 3.05 bits per heavy atom. The maximum Gasteiger partial charge on any atom is 0.303 e. The Morgan fingerprint density at radius 1 is 1.47 bits per heavy atom. The molecule has 0 amide bonds. The molecule has 0 aliphatic carbocycles. The van der Waals surface area contributed by atoms with E-state index in [1.807, 2.05) is 0 Å². The zero-order valence-corrected chi connectivity index (χ0v) is 11.6. The van der Waals surface area contributed by atoms with Gasteiger partial charge in [0.15, 0.2) is 0 Å². The molecule has 1 aromatic carbocycles. The maximum absolute atomic E-state index is 10.5. The van der Waals surface area contributed by atoms with E-state index in [9.17, 15) is 4.79 Å². The number of carboxylic acids is 1. The Labute approximate surface area is 115 Å². The van der Waals surface area contributed by atoms with Crippen molar-refractivity contribution in [2.24, 2.45) is 0 Å². The second-order valence-electron chi connectivity index (χ2n) is 5.59. The Kier molecular flexibility index (Phi) is 4.97. The molecule has 1 fully saturated rings. The number of hydrogen-bond donors (Lipinski definition) is 1. The lowest BCUT2D eigenvalue weighted by Crippen LogP contribution is -2.30. The van der Waals surface area contributed by atoms with E-state index in [2.05, 4.69) is 36.2 Å². The zero-order chi connectivity index (χ0) is 13.7. The molecule has 0 saturated carbocycles. The number of aliphatic carboxylic acids is 1. The van der Waals surface area contributed by atoms with Crippen LogP contribution in [-0.2, 0) is 11.2 Å². The first-order valence-electron chi connectivity index (χ1n) is 7.14. The van der Waals surface area contributed by atoms with Gasteiger partial charge in [0.05, 0.1) is 0 Å². The van der Waals surface area contributed by atoms with Crippen molar-refractivity contribution < 1.29 is 9.90 Å². The summed E-state index contributed by atoms with van der Waals surface area (Å²) in [6.07, 6.45) is 4.38. The fraction of sp³-hybridized carbons (Fsp3) is 0.562. The first kappa shape index (κ1) is 14.1. The van der Waals surface area contributed by atoms with Gasteiger partial charge >= 0.3 is 5.97 Å². The normalized spacial score (nSPS) is 20.4. The number of nitrogens with zero attached hydrogens (tertiary/aromatic N) is 1. The van der Waals surface area contributed by atoms with Gasteiger partial charge in [-0.15, -0.1) is 0 Å². The first-order chi connectivity index (χ1) is 9.15. The molecule has 1 unspecified atom stereocenters. The van der Waals surface area contributed by atoms with Gasteiger partial charge < -0.3 is 10.0 Å². The summed E-state index contributed by atoms with van der Waals surface area (Å²) < 4.78 is 0. The highest BCUT2D eigenvalue weighted by atomic mass is 16.4. The average molecular weight is 261 g/mol. The van der Waals surface area contributed by atoms with Gasteiger partial charge in [-0.1, -0.05) is 24.3 Å². The predicted octanol–water partition coefficient (Wildman–Crippen LogP) is 2.90. The number of likely N-dealkylation sites (N-methyl/N-ethyl adjacent to an activating group) is 1. The lowest BCUT2D eigenvalue weighted by Gasteiger charge is -2.30. The van der Waals surface area contributed by atoms with Gasteiger partial charge in [-0.25, -0.2) is 0 Å². The Hall–Kier alpha value is -1.35. The Bertz CT molecular complexity index is 431. The minimum Gasteiger partial charge on any atom is -0.481 e. The van der Waals surface area contributed by atoms with Gasteiger partial charge in [0.25, 0.3) is 0 Å². The second kappa shape index (κ2) is 6.71. The fourth-order valence-electron chi connectivity index (χ4n) is 2.88. The molecule has 0 spiro atoms. The van der Waals surface area contributed by atoms with Gasteiger partial charge in [0.1, 0.15) is 0 Å². The van der Waals surface area contributed by atoms with Gasteiger partial charge in [-0.2, -0.15) is 0 Å². The molecule has 3 heteroatoms. The van der Waals surface area contributed by atoms with Crippen LogP contribution in [0.2, 0.25) is 0 Å². The summed E-state index contributed by atoms with van der Waals surface area (Å²) in [5.41, 5.74) is 2.69. The molecule has 2 rings (SSSR count).